The number of esters is 1. The number of hydrogen-bond donors (Lipinski definition) is 4. The summed E-state index contributed by atoms with van der Waals surface area (Å²) in [5, 5.41) is 32.8. The Morgan fingerprint density at radius 2 is 2.10 bits per heavy atom. The van der Waals surface area contributed by atoms with Gasteiger partial charge in [-0.3, -0.25) is 4.79 Å². The van der Waals surface area contributed by atoms with Crippen molar-refractivity contribution in [1.82, 2.24) is 24.9 Å². The van der Waals surface area contributed by atoms with Crippen LogP contribution in [0.1, 0.15) is 37.4 Å². The van der Waals surface area contributed by atoms with Crippen molar-refractivity contribution in [3.8, 4) is 12.1 Å². The van der Waals surface area contributed by atoms with Gasteiger partial charge < -0.3 is 36.1 Å². The van der Waals surface area contributed by atoms with Gasteiger partial charge in [0.05, 0.1) is 53.9 Å². The topological polar surface area (TPSA) is 209 Å². The smallest absolute Gasteiger partial charge is 0.407 e. The summed E-state index contributed by atoms with van der Waals surface area (Å²) in [4.78, 5) is 35.0. The molecule has 1 saturated heterocycles. The number of nitrogens with zero attached hydrogens (tertiary/aromatic N) is 7. The number of fused-ring (bicyclic) bond motifs is 1. The van der Waals surface area contributed by atoms with E-state index >= 15 is 0 Å². The zero-order chi connectivity index (χ0) is 30.2. The lowest BCUT2D eigenvalue weighted by Crippen LogP contribution is -2.55. The molecule has 0 aliphatic carbocycles. The largest absolute Gasteiger partial charge is 0.458 e. The number of methoxy groups -OCH3 is 1. The Hall–Kier alpha value is -4.86. The fourth-order valence-corrected chi connectivity index (χ4v) is 4.79. The number of nitriles is 2. The maximum absolute atomic E-state index is 12.5. The summed E-state index contributed by atoms with van der Waals surface area (Å²) in [5.41, 5.74) is 7.27. The second-order valence-electron chi connectivity index (χ2n) is 9.30. The van der Waals surface area contributed by atoms with Crippen LogP contribution < -0.4 is 26.6 Å². The molecule has 1 amide bonds. The number of imidazole rings is 1. The number of carbonyl (C=O) groups excluding carboxylic acids is 2. The Bertz CT molecular complexity index is 1550. The van der Waals surface area contributed by atoms with Crippen molar-refractivity contribution in [3.05, 3.63) is 34.6 Å². The number of aromatic nitrogens is 4. The van der Waals surface area contributed by atoms with Gasteiger partial charge in [-0.15, -0.1) is 5.10 Å². The van der Waals surface area contributed by atoms with Gasteiger partial charge in [0.25, 0.3) is 0 Å². The molecule has 1 unspecified atom stereocenters. The van der Waals surface area contributed by atoms with Crippen LogP contribution in [0.25, 0.3) is 5.65 Å². The Labute approximate surface area is 246 Å². The van der Waals surface area contributed by atoms with Gasteiger partial charge in [-0.2, -0.15) is 20.0 Å². The van der Waals surface area contributed by atoms with E-state index in [1.165, 1.54) is 17.8 Å². The summed E-state index contributed by atoms with van der Waals surface area (Å²) >= 11 is 6.88. The van der Waals surface area contributed by atoms with Crippen LogP contribution in [0.15, 0.2) is 18.3 Å². The third-order valence-corrected chi connectivity index (χ3v) is 6.90. The Kier molecular flexibility index (Phi) is 9.80. The molecular formula is C26H30ClN11O4. The molecule has 2 aromatic heterocycles. The minimum Gasteiger partial charge on any atom is -0.458 e. The molecule has 0 bridgehead atoms. The number of nitrogens with two attached hydrogens (primary N) is 1. The number of anilines is 4. The van der Waals surface area contributed by atoms with Gasteiger partial charge in [0.1, 0.15) is 12.2 Å². The van der Waals surface area contributed by atoms with Crippen LogP contribution in [0.3, 0.4) is 0 Å². The SMILES string of the molecule is CCNc1nc(Nc2cc(C#N)cc(N3CC[C@@H](NC(=O)OC)C(OC(=O)CCCN)C3)c2Cl)nn2c(C#N)cnc12. The predicted octanol–water partition coefficient (Wildman–Crippen LogP) is 2.28. The van der Waals surface area contributed by atoms with Gasteiger partial charge in [-0.05, 0) is 38.4 Å². The van der Waals surface area contributed by atoms with Crippen molar-refractivity contribution < 1.29 is 19.1 Å². The number of nitrogens with one attached hydrogen (secondary N) is 3. The highest BCUT2D eigenvalue weighted by molar-refractivity contribution is 6.36. The number of alkyl carbamates (subject to hydrolysis) is 1. The maximum Gasteiger partial charge on any atom is 0.407 e. The monoisotopic (exact) mass is 595 g/mol. The molecule has 0 spiro atoms. The van der Waals surface area contributed by atoms with Gasteiger partial charge in [0.2, 0.25) is 5.95 Å². The van der Waals surface area contributed by atoms with E-state index in [2.05, 4.69) is 37.1 Å². The van der Waals surface area contributed by atoms with Crippen LogP contribution in [0, 0.1) is 22.7 Å². The van der Waals surface area contributed by atoms with Crippen LogP contribution in [-0.2, 0) is 14.3 Å². The highest BCUT2D eigenvalue weighted by Gasteiger charge is 2.34. The summed E-state index contributed by atoms with van der Waals surface area (Å²) in [7, 11) is 1.26. The van der Waals surface area contributed by atoms with Crippen molar-refractivity contribution in [2.24, 2.45) is 5.73 Å². The average molecular weight is 596 g/mol. The Morgan fingerprint density at radius 3 is 2.79 bits per heavy atom. The molecule has 0 saturated carbocycles. The van der Waals surface area contributed by atoms with Crippen molar-refractivity contribution in [2.45, 2.75) is 38.3 Å². The molecule has 1 aromatic carbocycles. The molecule has 220 valence electrons. The molecule has 1 fully saturated rings. The molecule has 1 aliphatic heterocycles. The van der Waals surface area contributed by atoms with E-state index in [1.54, 1.807) is 12.1 Å². The Morgan fingerprint density at radius 1 is 1.29 bits per heavy atom. The van der Waals surface area contributed by atoms with Crippen molar-refractivity contribution in [1.29, 1.82) is 10.5 Å². The number of amides is 1. The van der Waals surface area contributed by atoms with E-state index < -0.39 is 24.2 Å². The Balaban J connectivity index is 1.66. The van der Waals surface area contributed by atoms with E-state index in [1.807, 2.05) is 17.9 Å². The summed E-state index contributed by atoms with van der Waals surface area (Å²) in [6, 6.07) is 6.87. The zero-order valence-corrected chi connectivity index (χ0v) is 23.8. The van der Waals surface area contributed by atoms with Gasteiger partial charge in [0, 0.05) is 19.5 Å². The molecule has 3 aromatic rings. The number of hydrogen-bond acceptors (Lipinski definition) is 13. The molecule has 5 N–H and O–H groups in total. The van der Waals surface area contributed by atoms with E-state index in [0.29, 0.717) is 60.9 Å². The highest BCUT2D eigenvalue weighted by Crippen LogP contribution is 2.37. The van der Waals surface area contributed by atoms with Crippen molar-refractivity contribution >= 4 is 52.5 Å². The maximum atomic E-state index is 12.5. The van der Waals surface area contributed by atoms with E-state index in [-0.39, 0.29) is 29.6 Å². The molecule has 15 nitrogen and oxygen atoms in total. The fourth-order valence-electron chi connectivity index (χ4n) is 4.52. The number of ether oxygens (including phenoxy) is 2. The number of piperidine rings is 1. The third kappa shape index (κ3) is 6.71. The molecule has 1 aliphatic rings. The van der Waals surface area contributed by atoms with E-state index in [4.69, 9.17) is 26.8 Å². The number of carbonyl (C=O) groups is 2. The van der Waals surface area contributed by atoms with Gasteiger partial charge in [-0.25, -0.2) is 9.78 Å². The lowest BCUT2D eigenvalue weighted by Gasteiger charge is -2.39. The van der Waals surface area contributed by atoms with Crippen LogP contribution >= 0.6 is 11.6 Å². The predicted molar refractivity (Wildman–Crippen MR) is 153 cm³/mol. The molecule has 0 radical (unpaired) electrons. The van der Waals surface area contributed by atoms with E-state index in [0.717, 1.165) is 0 Å². The van der Waals surface area contributed by atoms with Gasteiger partial charge >= 0.3 is 12.1 Å². The van der Waals surface area contributed by atoms with Gasteiger partial charge in [0.15, 0.2) is 17.2 Å². The quantitative estimate of drug-likeness (QED) is 0.248. The minimum atomic E-state index is -0.722. The first kappa shape index (κ1) is 30.1. The molecule has 3 heterocycles. The van der Waals surface area contributed by atoms with Crippen molar-refractivity contribution in [3.63, 3.8) is 0 Å². The molecule has 4 rings (SSSR count). The number of rotatable bonds is 10. The average Bonchev–Trinajstić information content (AvgIpc) is 3.41. The second kappa shape index (κ2) is 13.7. The minimum absolute atomic E-state index is 0.114. The third-order valence-electron chi connectivity index (χ3n) is 6.51. The zero-order valence-electron chi connectivity index (χ0n) is 23.1. The first-order chi connectivity index (χ1) is 20.3. The number of halogens is 1. The lowest BCUT2D eigenvalue weighted by atomic mass is 10.0. The normalized spacial score (nSPS) is 16.3. The first-order valence-corrected chi connectivity index (χ1v) is 13.6. The summed E-state index contributed by atoms with van der Waals surface area (Å²) in [6.45, 7) is 3.39. The van der Waals surface area contributed by atoms with E-state index in [9.17, 15) is 20.1 Å². The fraction of sp³-hybridized carbons (Fsp3) is 0.423. The molecule has 16 heteroatoms. The van der Waals surface area contributed by atoms with Crippen molar-refractivity contribution in [2.75, 3.05) is 48.8 Å². The summed E-state index contributed by atoms with van der Waals surface area (Å²) in [5.74, 6) is 0.0795. The summed E-state index contributed by atoms with van der Waals surface area (Å²) < 4.78 is 11.8. The highest BCUT2D eigenvalue weighted by atomic mass is 35.5. The second-order valence-corrected chi connectivity index (χ2v) is 9.67. The standard InChI is InChI=1S/C26H30ClN11O4/c1-3-31-23-24-32-13-16(12-30)38(24)36-25(35-23)33-18-9-15(11-29)10-19(22(18)27)37-8-6-17(34-26(40)41-2)20(14-37)42-21(39)5-4-7-28/h9-10,13,17,20H,3-8,14,28H2,1-2H3,(H,34,40)(H2,31,33,35,36)/t17-,20?/m1/s1. The lowest BCUT2D eigenvalue weighted by molar-refractivity contribution is -0.150. The van der Waals surface area contributed by atoms with Crippen LogP contribution in [0.2, 0.25) is 5.02 Å². The molecule has 42 heavy (non-hydrogen) atoms. The summed E-state index contributed by atoms with van der Waals surface area (Å²) in [6.07, 6.45) is 1.05. The van der Waals surface area contributed by atoms with Crippen LogP contribution in [0.4, 0.5) is 27.9 Å². The molecule has 2 atom stereocenters. The first-order valence-electron chi connectivity index (χ1n) is 13.2. The number of benzene rings is 1. The molecular weight excluding hydrogens is 566 g/mol. The van der Waals surface area contributed by atoms with Gasteiger partial charge in [-0.1, -0.05) is 11.6 Å². The van der Waals surface area contributed by atoms with Crippen LogP contribution in [-0.4, -0.2) is 77.1 Å². The van der Waals surface area contributed by atoms with Crippen LogP contribution in [0.5, 0.6) is 0 Å².